The highest BCUT2D eigenvalue weighted by Crippen LogP contribution is 2.27. The molecule has 3 nitrogen and oxygen atoms in total. The van der Waals surface area contributed by atoms with Gasteiger partial charge in [0.25, 0.3) is 0 Å². The number of rotatable bonds is 7. The molecule has 116 valence electrons. The van der Waals surface area contributed by atoms with Crippen molar-refractivity contribution in [2.24, 2.45) is 0 Å². The Labute approximate surface area is 135 Å². The molecular formula is C18H20O3S. The molecule has 22 heavy (non-hydrogen) atoms. The third-order valence-electron chi connectivity index (χ3n) is 3.23. The van der Waals surface area contributed by atoms with Crippen LogP contribution in [0.4, 0.5) is 0 Å². The monoisotopic (exact) mass is 316 g/mol. The van der Waals surface area contributed by atoms with Gasteiger partial charge in [0.05, 0.1) is 6.61 Å². The average molecular weight is 316 g/mol. The topological polar surface area (TPSA) is 46.5 Å². The summed E-state index contributed by atoms with van der Waals surface area (Å²) in [4.78, 5) is 12.5. The number of aliphatic carboxylic acids is 1. The molecule has 2 rings (SSSR count). The molecule has 1 atom stereocenters. The van der Waals surface area contributed by atoms with Gasteiger partial charge in [-0.3, -0.25) is 4.79 Å². The molecule has 0 bridgehead atoms. The van der Waals surface area contributed by atoms with Crippen LogP contribution in [0.5, 0.6) is 5.75 Å². The maximum atomic E-state index is 11.5. The highest BCUT2D eigenvalue weighted by atomic mass is 32.2. The van der Waals surface area contributed by atoms with E-state index in [2.05, 4.69) is 0 Å². The number of carboxylic acids is 1. The third kappa shape index (κ3) is 4.81. The molecule has 0 aliphatic carbocycles. The van der Waals surface area contributed by atoms with E-state index in [1.165, 1.54) is 17.3 Å². The minimum absolute atomic E-state index is 0.486. The van der Waals surface area contributed by atoms with E-state index in [-0.39, 0.29) is 0 Å². The quantitative estimate of drug-likeness (QED) is 0.778. The smallest absolute Gasteiger partial charge is 0.317 e. The Morgan fingerprint density at radius 2 is 1.77 bits per heavy atom. The summed E-state index contributed by atoms with van der Waals surface area (Å²) in [5, 5.41) is 8.94. The van der Waals surface area contributed by atoms with Crippen LogP contribution in [0, 0.1) is 6.92 Å². The van der Waals surface area contributed by atoms with Gasteiger partial charge < -0.3 is 9.84 Å². The summed E-state index contributed by atoms with van der Waals surface area (Å²) in [5.74, 6) is 0.0174. The van der Waals surface area contributed by atoms with Crippen molar-refractivity contribution >= 4 is 17.7 Å². The molecule has 0 aliphatic rings. The van der Waals surface area contributed by atoms with Crippen molar-refractivity contribution in [3.8, 4) is 5.75 Å². The molecule has 2 aromatic rings. The van der Waals surface area contributed by atoms with Crippen LogP contribution in [-0.4, -0.2) is 22.9 Å². The lowest BCUT2D eigenvalue weighted by atomic mass is 10.1. The summed E-state index contributed by atoms with van der Waals surface area (Å²) < 4.78 is 5.40. The first kappa shape index (κ1) is 16.4. The molecular weight excluding hydrogens is 296 g/mol. The van der Waals surface area contributed by atoms with Crippen LogP contribution in [0.15, 0.2) is 53.4 Å². The lowest BCUT2D eigenvalue weighted by Gasteiger charge is -2.13. The first-order chi connectivity index (χ1) is 10.6. The molecule has 0 heterocycles. The van der Waals surface area contributed by atoms with Crippen LogP contribution >= 0.6 is 11.8 Å². The van der Waals surface area contributed by atoms with Crippen molar-refractivity contribution in [2.75, 3.05) is 6.61 Å². The maximum absolute atomic E-state index is 11.5. The Hall–Kier alpha value is -1.94. The number of hydrogen-bond acceptors (Lipinski definition) is 3. The number of ether oxygens (including phenoxy) is 1. The lowest BCUT2D eigenvalue weighted by Crippen LogP contribution is -2.19. The summed E-state index contributed by atoms with van der Waals surface area (Å²) in [6, 6.07) is 15.5. The average Bonchev–Trinajstić information content (AvgIpc) is 2.51. The van der Waals surface area contributed by atoms with Gasteiger partial charge in [-0.25, -0.2) is 0 Å². The molecule has 0 unspecified atom stereocenters. The number of benzene rings is 2. The Morgan fingerprint density at radius 3 is 2.32 bits per heavy atom. The number of aryl methyl sites for hydroxylation is 1. The molecule has 4 heteroatoms. The predicted molar refractivity (Wildman–Crippen MR) is 89.8 cm³/mol. The molecule has 0 fully saturated rings. The summed E-state index contributed by atoms with van der Waals surface area (Å²) in [7, 11) is 0. The fourth-order valence-corrected chi connectivity index (χ4v) is 3.06. The van der Waals surface area contributed by atoms with Gasteiger partial charge in [-0.05, 0) is 50.1 Å². The second kappa shape index (κ2) is 7.90. The zero-order valence-corrected chi connectivity index (χ0v) is 13.6. The molecule has 0 saturated heterocycles. The van der Waals surface area contributed by atoms with Crippen molar-refractivity contribution in [1.82, 2.24) is 0 Å². The highest BCUT2D eigenvalue weighted by molar-refractivity contribution is 8.00. The van der Waals surface area contributed by atoms with Crippen LogP contribution < -0.4 is 4.74 Å². The standard InChI is InChI=1S/C18H20O3S/c1-3-21-15-8-6-14(7-9-15)12-17(18(19)20)22-16-10-4-13(2)5-11-16/h4-11,17H,3,12H2,1-2H3,(H,19,20)/t17-/m1/s1. The van der Waals surface area contributed by atoms with Crippen LogP contribution in [0.25, 0.3) is 0 Å². The molecule has 1 N–H and O–H groups in total. The Bertz CT molecular complexity index is 605. The Kier molecular flexibility index (Phi) is 5.90. The van der Waals surface area contributed by atoms with Crippen molar-refractivity contribution in [3.63, 3.8) is 0 Å². The Morgan fingerprint density at radius 1 is 1.14 bits per heavy atom. The van der Waals surface area contributed by atoms with Crippen molar-refractivity contribution < 1.29 is 14.6 Å². The zero-order valence-electron chi connectivity index (χ0n) is 12.8. The minimum Gasteiger partial charge on any atom is -0.494 e. The van der Waals surface area contributed by atoms with E-state index in [0.29, 0.717) is 13.0 Å². The van der Waals surface area contributed by atoms with Gasteiger partial charge >= 0.3 is 5.97 Å². The van der Waals surface area contributed by atoms with Crippen molar-refractivity contribution in [3.05, 3.63) is 59.7 Å². The molecule has 0 amide bonds. The number of hydrogen-bond donors (Lipinski definition) is 1. The molecule has 0 aromatic heterocycles. The van der Waals surface area contributed by atoms with E-state index in [0.717, 1.165) is 16.2 Å². The third-order valence-corrected chi connectivity index (χ3v) is 4.43. The van der Waals surface area contributed by atoms with Crippen LogP contribution in [0.3, 0.4) is 0 Å². The van der Waals surface area contributed by atoms with Crippen molar-refractivity contribution in [2.45, 2.75) is 30.4 Å². The molecule has 2 aromatic carbocycles. The SMILES string of the molecule is CCOc1ccc(C[C@@H](Sc2ccc(C)cc2)C(=O)O)cc1. The Balaban J connectivity index is 2.05. The second-order valence-electron chi connectivity index (χ2n) is 5.04. The fourth-order valence-electron chi connectivity index (χ4n) is 2.06. The van der Waals surface area contributed by atoms with E-state index in [9.17, 15) is 9.90 Å². The number of carbonyl (C=O) groups is 1. The predicted octanol–water partition coefficient (Wildman–Crippen LogP) is 4.18. The van der Waals surface area contributed by atoms with E-state index in [1.54, 1.807) is 0 Å². The fraction of sp³-hybridized carbons (Fsp3) is 0.278. The molecule has 0 aliphatic heterocycles. The van der Waals surface area contributed by atoms with Gasteiger partial charge in [0.15, 0.2) is 0 Å². The summed E-state index contributed by atoms with van der Waals surface area (Å²) in [6.45, 7) is 4.58. The summed E-state index contributed by atoms with van der Waals surface area (Å²) in [6.07, 6.45) is 0.486. The maximum Gasteiger partial charge on any atom is 0.317 e. The normalized spacial score (nSPS) is 11.9. The van der Waals surface area contributed by atoms with Crippen LogP contribution in [0.2, 0.25) is 0 Å². The van der Waals surface area contributed by atoms with Gasteiger partial charge in [0.2, 0.25) is 0 Å². The molecule has 0 radical (unpaired) electrons. The van der Waals surface area contributed by atoms with E-state index < -0.39 is 11.2 Å². The molecule has 0 spiro atoms. The number of thioether (sulfide) groups is 1. The summed E-state index contributed by atoms with van der Waals surface area (Å²) >= 11 is 1.38. The molecule has 0 saturated carbocycles. The van der Waals surface area contributed by atoms with Gasteiger partial charge in [-0.1, -0.05) is 29.8 Å². The summed E-state index contributed by atoms with van der Waals surface area (Å²) in [5.41, 5.74) is 2.17. The minimum atomic E-state index is -0.792. The number of carboxylic acid groups (broad SMARTS) is 1. The van der Waals surface area contributed by atoms with Gasteiger partial charge in [-0.15, -0.1) is 11.8 Å². The van der Waals surface area contributed by atoms with E-state index in [4.69, 9.17) is 4.74 Å². The first-order valence-electron chi connectivity index (χ1n) is 7.26. The highest BCUT2D eigenvalue weighted by Gasteiger charge is 2.19. The van der Waals surface area contributed by atoms with Crippen LogP contribution in [0.1, 0.15) is 18.1 Å². The second-order valence-corrected chi connectivity index (χ2v) is 6.32. The van der Waals surface area contributed by atoms with Crippen molar-refractivity contribution in [1.29, 1.82) is 0 Å². The van der Waals surface area contributed by atoms with Crippen LogP contribution in [-0.2, 0) is 11.2 Å². The van der Waals surface area contributed by atoms with Gasteiger partial charge in [0, 0.05) is 4.90 Å². The largest absolute Gasteiger partial charge is 0.494 e. The van der Waals surface area contributed by atoms with E-state index in [1.807, 2.05) is 62.4 Å². The van der Waals surface area contributed by atoms with Gasteiger partial charge in [-0.2, -0.15) is 0 Å². The van der Waals surface area contributed by atoms with Gasteiger partial charge in [0.1, 0.15) is 11.0 Å². The first-order valence-corrected chi connectivity index (χ1v) is 8.14. The zero-order chi connectivity index (χ0) is 15.9. The van der Waals surface area contributed by atoms with E-state index >= 15 is 0 Å². The lowest BCUT2D eigenvalue weighted by molar-refractivity contribution is -0.136.